The molecule has 0 spiro atoms. The molecule has 21 heavy (non-hydrogen) atoms. The Hall–Kier alpha value is -1.44. The topological polar surface area (TPSA) is 57.6 Å². The molecule has 0 fully saturated rings. The fourth-order valence-corrected chi connectivity index (χ4v) is 3.57. The van der Waals surface area contributed by atoms with Gasteiger partial charge in [-0.3, -0.25) is 4.31 Å². The molecule has 120 valence electrons. The Morgan fingerprint density at radius 1 is 1.29 bits per heavy atom. The van der Waals surface area contributed by atoms with Crippen molar-refractivity contribution in [2.75, 3.05) is 16.6 Å². The zero-order valence-electron chi connectivity index (χ0n) is 11.8. The van der Waals surface area contributed by atoms with Gasteiger partial charge >= 0.3 is 6.18 Å². The normalized spacial score (nSPS) is 12.4. The highest BCUT2D eigenvalue weighted by atomic mass is 32.2. The van der Waals surface area contributed by atoms with Crippen LogP contribution in [-0.4, -0.2) is 32.0 Å². The fourth-order valence-electron chi connectivity index (χ4n) is 1.95. The van der Waals surface area contributed by atoms with Gasteiger partial charge in [-0.2, -0.15) is 13.2 Å². The number of anilines is 1. The number of aryl methyl sites for hydroxylation is 1. The molecule has 1 aromatic carbocycles. The Balaban J connectivity index is 2.95. The predicted octanol–water partition coefficient (Wildman–Crippen LogP) is 3.20. The predicted molar refractivity (Wildman–Crippen MR) is 74.9 cm³/mol. The lowest BCUT2D eigenvalue weighted by atomic mass is 10.2. The van der Waals surface area contributed by atoms with Crippen LogP contribution in [0.5, 0.6) is 5.75 Å². The first-order valence-corrected chi connectivity index (χ1v) is 8.04. The number of nitrogens with zero attached hydrogens (tertiary/aromatic N) is 1. The number of sulfonamides is 1. The van der Waals surface area contributed by atoms with E-state index in [9.17, 15) is 26.7 Å². The van der Waals surface area contributed by atoms with E-state index in [1.165, 1.54) is 12.1 Å². The molecule has 0 radical (unpaired) electrons. The molecular weight excluding hydrogens is 307 g/mol. The average molecular weight is 325 g/mol. The molecule has 0 aliphatic carbocycles. The molecule has 4 nitrogen and oxygen atoms in total. The molecule has 8 heteroatoms. The molecule has 0 heterocycles. The van der Waals surface area contributed by atoms with Crippen LogP contribution in [0.4, 0.5) is 18.9 Å². The lowest BCUT2D eigenvalue weighted by Gasteiger charge is -2.24. The first-order valence-electron chi connectivity index (χ1n) is 6.43. The van der Waals surface area contributed by atoms with Gasteiger partial charge in [0.15, 0.2) is 0 Å². The van der Waals surface area contributed by atoms with Crippen molar-refractivity contribution in [3.05, 3.63) is 23.8 Å². The Bertz CT molecular complexity index is 585. The number of phenols is 1. The van der Waals surface area contributed by atoms with Crippen LogP contribution < -0.4 is 4.31 Å². The Morgan fingerprint density at radius 3 is 2.43 bits per heavy atom. The van der Waals surface area contributed by atoms with E-state index in [0.717, 1.165) is 4.31 Å². The SMILES string of the molecule is CCN(c1cc(O)ccc1C)S(=O)(=O)CCCC(F)(F)F. The molecule has 0 saturated heterocycles. The van der Waals surface area contributed by atoms with Gasteiger partial charge in [-0.15, -0.1) is 0 Å². The van der Waals surface area contributed by atoms with Gasteiger partial charge in [-0.25, -0.2) is 8.42 Å². The maximum Gasteiger partial charge on any atom is 0.389 e. The van der Waals surface area contributed by atoms with Crippen LogP contribution in [0.25, 0.3) is 0 Å². The van der Waals surface area contributed by atoms with Crippen molar-refractivity contribution in [3.63, 3.8) is 0 Å². The minimum atomic E-state index is -4.37. The minimum Gasteiger partial charge on any atom is -0.508 e. The summed E-state index contributed by atoms with van der Waals surface area (Å²) in [5.74, 6) is -0.685. The highest BCUT2D eigenvalue weighted by molar-refractivity contribution is 7.92. The summed E-state index contributed by atoms with van der Waals surface area (Å²) in [7, 11) is -3.86. The number of aromatic hydroxyl groups is 1. The second-order valence-electron chi connectivity index (χ2n) is 4.67. The summed E-state index contributed by atoms with van der Waals surface area (Å²) < 4.78 is 61.7. The van der Waals surface area contributed by atoms with Crippen molar-refractivity contribution >= 4 is 15.7 Å². The van der Waals surface area contributed by atoms with Gasteiger partial charge < -0.3 is 5.11 Å². The molecule has 0 bridgehead atoms. The first-order chi connectivity index (χ1) is 9.57. The summed E-state index contributed by atoms with van der Waals surface area (Å²) in [6, 6.07) is 4.27. The fraction of sp³-hybridized carbons (Fsp3) is 0.538. The maximum atomic E-state index is 12.2. The summed E-state index contributed by atoms with van der Waals surface area (Å²) in [4.78, 5) is 0. The summed E-state index contributed by atoms with van der Waals surface area (Å²) in [5, 5.41) is 9.46. The van der Waals surface area contributed by atoms with Gasteiger partial charge in [0.05, 0.1) is 11.4 Å². The van der Waals surface area contributed by atoms with E-state index in [2.05, 4.69) is 0 Å². The van der Waals surface area contributed by atoms with Crippen LogP contribution in [0.15, 0.2) is 18.2 Å². The van der Waals surface area contributed by atoms with E-state index < -0.39 is 34.8 Å². The van der Waals surface area contributed by atoms with Gasteiger partial charge in [-0.05, 0) is 31.9 Å². The number of alkyl halides is 3. The average Bonchev–Trinajstić information content (AvgIpc) is 2.32. The highest BCUT2D eigenvalue weighted by Crippen LogP contribution is 2.28. The molecule has 0 aliphatic heterocycles. The third-order valence-electron chi connectivity index (χ3n) is 2.95. The number of hydrogen-bond acceptors (Lipinski definition) is 3. The number of rotatable bonds is 6. The number of phenolic OH excluding ortho intramolecular Hbond substituents is 1. The first kappa shape index (κ1) is 17.6. The molecular formula is C13H18F3NO3S. The summed E-state index contributed by atoms with van der Waals surface area (Å²) in [6.45, 7) is 3.34. The molecule has 0 saturated carbocycles. The van der Waals surface area contributed by atoms with Gasteiger partial charge in [-0.1, -0.05) is 6.07 Å². The van der Waals surface area contributed by atoms with Crippen LogP contribution in [0.3, 0.4) is 0 Å². The van der Waals surface area contributed by atoms with Crippen LogP contribution in [0.2, 0.25) is 0 Å². The smallest absolute Gasteiger partial charge is 0.389 e. The quantitative estimate of drug-likeness (QED) is 0.874. The van der Waals surface area contributed by atoms with Gasteiger partial charge in [0.1, 0.15) is 5.75 Å². The van der Waals surface area contributed by atoms with Gasteiger partial charge in [0.25, 0.3) is 0 Å². The van der Waals surface area contributed by atoms with Crippen molar-refractivity contribution in [2.45, 2.75) is 32.9 Å². The van der Waals surface area contributed by atoms with Gasteiger partial charge in [0, 0.05) is 19.0 Å². The third-order valence-corrected chi connectivity index (χ3v) is 4.88. The van der Waals surface area contributed by atoms with E-state index in [4.69, 9.17) is 0 Å². The number of benzene rings is 1. The monoisotopic (exact) mass is 325 g/mol. The summed E-state index contributed by atoms with van der Waals surface area (Å²) in [6.07, 6.45) is -5.99. The zero-order valence-corrected chi connectivity index (χ0v) is 12.6. The Labute approximate surface area is 122 Å². The third kappa shape index (κ3) is 5.11. The summed E-state index contributed by atoms with van der Waals surface area (Å²) in [5.41, 5.74) is 0.901. The van der Waals surface area contributed by atoms with E-state index in [1.807, 2.05) is 0 Å². The number of hydrogen-bond donors (Lipinski definition) is 1. The van der Waals surface area contributed by atoms with E-state index >= 15 is 0 Å². The Kier molecular flexibility index (Phi) is 5.49. The molecule has 1 rings (SSSR count). The Morgan fingerprint density at radius 2 is 1.90 bits per heavy atom. The van der Waals surface area contributed by atoms with Crippen LogP contribution >= 0.6 is 0 Å². The van der Waals surface area contributed by atoms with Crippen molar-refractivity contribution in [3.8, 4) is 5.75 Å². The second-order valence-corrected chi connectivity index (χ2v) is 6.68. The van der Waals surface area contributed by atoms with Crippen molar-refractivity contribution in [1.29, 1.82) is 0 Å². The van der Waals surface area contributed by atoms with Crippen LogP contribution in [0, 0.1) is 6.92 Å². The largest absolute Gasteiger partial charge is 0.508 e. The molecule has 0 aromatic heterocycles. The maximum absolute atomic E-state index is 12.2. The number of halogens is 3. The summed E-state index contributed by atoms with van der Waals surface area (Å²) >= 11 is 0. The molecule has 0 aliphatic rings. The molecule has 1 N–H and O–H groups in total. The lowest BCUT2D eigenvalue weighted by Crippen LogP contribution is -2.33. The van der Waals surface area contributed by atoms with E-state index in [1.54, 1.807) is 19.9 Å². The minimum absolute atomic E-state index is 0.0820. The highest BCUT2D eigenvalue weighted by Gasteiger charge is 2.29. The van der Waals surface area contributed by atoms with Crippen molar-refractivity contribution in [2.24, 2.45) is 0 Å². The van der Waals surface area contributed by atoms with Crippen LogP contribution in [0.1, 0.15) is 25.3 Å². The van der Waals surface area contributed by atoms with E-state index in [0.29, 0.717) is 5.56 Å². The molecule has 1 aromatic rings. The van der Waals surface area contributed by atoms with E-state index in [-0.39, 0.29) is 18.0 Å². The molecule has 0 unspecified atom stereocenters. The van der Waals surface area contributed by atoms with Crippen LogP contribution in [-0.2, 0) is 10.0 Å². The van der Waals surface area contributed by atoms with Gasteiger partial charge in [0.2, 0.25) is 10.0 Å². The zero-order chi connectivity index (χ0) is 16.3. The van der Waals surface area contributed by atoms with Crippen molar-refractivity contribution < 1.29 is 26.7 Å². The molecule has 0 amide bonds. The van der Waals surface area contributed by atoms with Crippen molar-refractivity contribution in [1.82, 2.24) is 0 Å². The lowest BCUT2D eigenvalue weighted by molar-refractivity contribution is -0.134. The standard InChI is InChI=1S/C13H18F3NO3S/c1-3-17(12-9-11(18)6-5-10(12)2)21(19,20)8-4-7-13(14,15)16/h5-6,9,18H,3-4,7-8H2,1-2H3. The second kappa shape index (κ2) is 6.55. The molecule has 0 atom stereocenters.